The third-order valence-corrected chi connectivity index (χ3v) is 5.65. The molecule has 1 aromatic carbocycles. The highest BCUT2D eigenvalue weighted by atomic mass is 32.2. The molecule has 3 atom stereocenters. The van der Waals surface area contributed by atoms with E-state index in [-0.39, 0.29) is 5.91 Å². The minimum atomic E-state index is -2.07. The maximum Gasteiger partial charge on any atom is 0.255 e. The number of nitrogens with one attached hydrogen (secondary N) is 1. The smallest absolute Gasteiger partial charge is 0.255 e. The fourth-order valence-electron chi connectivity index (χ4n) is 3.27. The minimum Gasteiger partial charge on any atom is -0.496 e. The Kier molecular flexibility index (Phi) is 6.80. The number of benzene rings is 1. The first-order valence-corrected chi connectivity index (χ1v) is 9.65. The lowest BCUT2D eigenvalue weighted by atomic mass is 10.0. The Morgan fingerprint density at radius 3 is 2.88 bits per heavy atom. The molecule has 1 aliphatic rings. The first kappa shape index (κ1) is 19.7. The van der Waals surface area contributed by atoms with Crippen LogP contribution in [0.4, 0.5) is 5.69 Å². The monoisotopic (exact) mass is 369 g/mol. The van der Waals surface area contributed by atoms with Crippen molar-refractivity contribution in [3.63, 3.8) is 0 Å². The summed E-state index contributed by atoms with van der Waals surface area (Å²) in [4.78, 5) is 15.0. The summed E-state index contributed by atoms with van der Waals surface area (Å²) in [5, 5.41) is 2.26. The number of ether oxygens (including phenoxy) is 1. The molecule has 0 radical (unpaired) electrons. The Bertz CT molecular complexity index is 653. The maximum absolute atomic E-state index is 12.6. The van der Waals surface area contributed by atoms with Crippen LogP contribution in [0.2, 0.25) is 0 Å². The predicted molar refractivity (Wildman–Crippen MR) is 99.2 cm³/mol. The van der Waals surface area contributed by atoms with Gasteiger partial charge in [-0.15, -0.1) is 0 Å². The van der Waals surface area contributed by atoms with Crippen molar-refractivity contribution in [1.29, 1.82) is 0 Å². The van der Waals surface area contributed by atoms with Crippen molar-refractivity contribution < 1.29 is 18.3 Å². The van der Waals surface area contributed by atoms with Gasteiger partial charge in [-0.2, -0.15) is 0 Å². The summed E-state index contributed by atoms with van der Waals surface area (Å²) in [6.07, 6.45) is 2.21. The number of nitrogens with zero attached hydrogens (tertiary/aromatic N) is 1. The van der Waals surface area contributed by atoms with Gasteiger partial charge in [-0.05, 0) is 44.5 Å². The summed E-state index contributed by atoms with van der Waals surface area (Å²) >= 11 is -2.07. The summed E-state index contributed by atoms with van der Waals surface area (Å²) in [6, 6.07) is 3.42. The normalized spacial score (nSPS) is 20.2. The van der Waals surface area contributed by atoms with E-state index in [1.54, 1.807) is 13.0 Å². The number of hydrogen-bond donors (Lipinski definition) is 3. The van der Waals surface area contributed by atoms with E-state index >= 15 is 0 Å². The molecule has 1 saturated heterocycles. The van der Waals surface area contributed by atoms with Gasteiger partial charge in [-0.3, -0.25) is 9.69 Å². The Morgan fingerprint density at radius 1 is 1.56 bits per heavy atom. The molecule has 1 amide bonds. The summed E-state index contributed by atoms with van der Waals surface area (Å²) in [7, 11) is 1.47. The van der Waals surface area contributed by atoms with Crippen LogP contribution >= 0.6 is 0 Å². The number of likely N-dealkylation sites (tertiary alicyclic amines) is 1. The third kappa shape index (κ3) is 4.50. The van der Waals surface area contributed by atoms with E-state index in [9.17, 15) is 13.6 Å². The predicted octanol–water partition coefficient (Wildman–Crippen LogP) is 1.77. The number of methoxy groups -OCH3 is 1. The standard InChI is InChI=1S/C17H27N3O4S/c1-4-20-7-5-6-12(20)10-19-17(21)14-8-13(11(2)25(22)23)15(18)9-16(14)24-3/h8-9,11-12H,4-7,10,18H2,1-3H3,(H,19,21)(H,22,23)/t11-,12-/m1/s1. The molecule has 1 heterocycles. The molecular formula is C17H27N3O4S. The first-order valence-electron chi connectivity index (χ1n) is 8.48. The van der Waals surface area contributed by atoms with Crippen LogP contribution in [-0.2, 0) is 11.1 Å². The van der Waals surface area contributed by atoms with Crippen molar-refractivity contribution in [1.82, 2.24) is 10.2 Å². The Hall–Kier alpha value is -1.64. The number of carbonyl (C=O) groups is 1. The lowest BCUT2D eigenvalue weighted by molar-refractivity contribution is 0.0938. The largest absolute Gasteiger partial charge is 0.496 e. The lowest BCUT2D eigenvalue weighted by Crippen LogP contribution is -2.40. The fraction of sp³-hybridized carbons (Fsp3) is 0.588. The Morgan fingerprint density at radius 2 is 2.28 bits per heavy atom. The summed E-state index contributed by atoms with van der Waals surface area (Å²) < 4.78 is 26.0. The van der Waals surface area contributed by atoms with Gasteiger partial charge < -0.3 is 20.3 Å². The van der Waals surface area contributed by atoms with E-state index in [1.165, 1.54) is 13.2 Å². The second-order valence-corrected chi connectivity index (χ2v) is 7.49. The van der Waals surface area contributed by atoms with Crippen molar-refractivity contribution in [3.8, 4) is 5.75 Å². The van der Waals surface area contributed by atoms with Gasteiger partial charge in [-0.25, -0.2) is 4.21 Å². The molecular weight excluding hydrogens is 342 g/mol. The highest BCUT2D eigenvalue weighted by Crippen LogP contribution is 2.31. The van der Waals surface area contributed by atoms with Gasteiger partial charge in [0.2, 0.25) is 0 Å². The third-order valence-electron chi connectivity index (χ3n) is 4.79. The number of anilines is 1. The van der Waals surface area contributed by atoms with Gasteiger partial charge in [0.05, 0.1) is 17.9 Å². The van der Waals surface area contributed by atoms with E-state index in [1.807, 2.05) is 0 Å². The van der Waals surface area contributed by atoms with Gasteiger partial charge in [0.15, 0.2) is 11.1 Å². The maximum atomic E-state index is 12.6. The van der Waals surface area contributed by atoms with Gasteiger partial charge in [0, 0.05) is 24.3 Å². The molecule has 140 valence electrons. The zero-order valence-electron chi connectivity index (χ0n) is 14.9. The van der Waals surface area contributed by atoms with Crippen LogP contribution < -0.4 is 15.8 Å². The molecule has 4 N–H and O–H groups in total. The van der Waals surface area contributed by atoms with Gasteiger partial charge in [-0.1, -0.05) is 6.92 Å². The molecule has 8 heteroatoms. The summed E-state index contributed by atoms with van der Waals surface area (Å²) in [5.74, 6) is 0.0883. The van der Waals surface area contributed by atoms with Crippen LogP contribution in [-0.4, -0.2) is 52.4 Å². The van der Waals surface area contributed by atoms with E-state index in [0.717, 1.165) is 25.9 Å². The number of hydrogen-bond acceptors (Lipinski definition) is 5. The molecule has 0 saturated carbocycles. The quantitative estimate of drug-likeness (QED) is 0.500. The van der Waals surface area contributed by atoms with Gasteiger partial charge in [0.1, 0.15) is 5.75 Å². The SMILES string of the molecule is CCN1CCC[C@@H]1CNC(=O)c1cc([C@@H](C)S(=O)O)c(N)cc1OC. The van der Waals surface area contributed by atoms with E-state index < -0.39 is 16.3 Å². The number of nitrogen functional groups attached to an aromatic ring is 1. The molecule has 1 unspecified atom stereocenters. The average molecular weight is 369 g/mol. The molecule has 25 heavy (non-hydrogen) atoms. The van der Waals surface area contributed by atoms with Crippen LogP contribution in [0.3, 0.4) is 0 Å². The number of likely N-dealkylation sites (N-methyl/N-ethyl adjacent to an activating group) is 1. The molecule has 1 aliphatic heterocycles. The van der Waals surface area contributed by atoms with Crippen molar-refractivity contribution >= 4 is 22.7 Å². The van der Waals surface area contributed by atoms with Crippen molar-refractivity contribution in [2.24, 2.45) is 0 Å². The second-order valence-electron chi connectivity index (χ2n) is 6.23. The highest BCUT2D eigenvalue weighted by molar-refractivity contribution is 7.79. The van der Waals surface area contributed by atoms with Gasteiger partial charge in [0.25, 0.3) is 5.91 Å². The number of nitrogens with two attached hydrogens (primary N) is 1. The molecule has 2 rings (SSSR count). The zero-order valence-corrected chi connectivity index (χ0v) is 15.8. The van der Waals surface area contributed by atoms with Gasteiger partial charge >= 0.3 is 0 Å². The second kappa shape index (κ2) is 8.64. The summed E-state index contributed by atoms with van der Waals surface area (Å²) in [6.45, 7) is 6.30. The number of rotatable bonds is 7. The van der Waals surface area contributed by atoms with Crippen LogP contribution in [0.25, 0.3) is 0 Å². The minimum absolute atomic E-state index is 0.267. The van der Waals surface area contributed by atoms with E-state index in [4.69, 9.17) is 10.5 Å². The molecule has 7 nitrogen and oxygen atoms in total. The van der Waals surface area contributed by atoms with Crippen LogP contribution in [0.15, 0.2) is 12.1 Å². The topological polar surface area (TPSA) is 105 Å². The molecule has 1 aromatic rings. The highest BCUT2D eigenvalue weighted by Gasteiger charge is 2.25. The van der Waals surface area contributed by atoms with Crippen LogP contribution in [0.5, 0.6) is 5.75 Å². The van der Waals surface area contributed by atoms with E-state index in [0.29, 0.717) is 35.2 Å². The van der Waals surface area contributed by atoms with E-state index in [2.05, 4.69) is 17.1 Å². The average Bonchev–Trinajstić information content (AvgIpc) is 3.06. The fourth-order valence-corrected chi connectivity index (χ4v) is 3.69. The van der Waals surface area contributed by atoms with Crippen molar-refractivity contribution in [3.05, 3.63) is 23.3 Å². The first-order chi connectivity index (χ1) is 11.9. The van der Waals surface area contributed by atoms with Crippen LogP contribution in [0, 0.1) is 0 Å². The van der Waals surface area contributed by atoms with Crippen molar-refractivity contribution in [2.45, 2.75) is 38.0 Å². The lowest BCUT2D eigenvalue weighted by Gasteiger charge is -2.23. The molecule has 0 bridgehead atoms. The van der Waals surface area contributed by atoms with Crippen LogP contribution in [0.1, 0.15) is 47.9 Å². The molecule has 0 spiro atoms. The molecule has 0 aliphatic carbocycles. The van der Waals surface area contributed by atoms with Crippen molar-refractivity contribution in [2.75, 3.05) is 32.5 Å². The zero-order chi connectivity index (χ0) is 18.6. The molecule has 0 aromatic heterocycles. The Labute approximate surface area is 151 Å². The number of amides is 1. The molecule has 1 fully saturated rings. The Balaban J connectivity index is 2.19. The number of carbonyl (C=O) groups excluding carboxylic acids is 1. The summed E-state index contributed by atoms with van der Waals surface area (Å²) in [5.41, 5.74) is 7.07.